The zero-order chi connectivity index (χ0) is 19.0. The van der Waals surface area contributed by atoms with E-state index in [9.17, 15) is 5.11 Å². The van der Waals surface area contributed by atoms with Gasteiger partial charge in [-0.3, -0.25) is 0 Å². The fourth-order valence-electron chi connectivity index (χ4n) is 3.04. The Labute approximate surface area is 161 Å². The van der Waals surface area contributed by atoms with E-state index in [1.165, 1.54) is 0 Å². The molecule has 0 aliphatic carbocycles. The molecule has 0 aromatic heterocycles. The maximum absolute atomic E-state index is 11.7. The summed E-state index contributed by atoms with van der Waals surface area (Å²) in [5, 5.41) is 11.7. The molecular formula is C25H24O2. The van der Waals surface area contributed by atoms with Crippen LogP contribution < -0.4 is 4.74 Å². The number of aliphatic hydroxyl groups is 1. The highest BCUT2D eigenvalue weighted by Gasteiger charge is 2.33. The van der Waals surface area contributed by atoms with Crippen molar-refractivity contribution in [2.45, 2.75) is 12.5 Å². The van der Waals surface area contributed by atoms with Gasteiger partial charge in [0.15, 0.2) is 0 Å². The monoisotopic (exact) mass is 356 g/mol. The van der Waals surface area contributed by atoms with Crippen LogP contribution in [0.5, 0.6) is 5.75 Å². The van der Waals surface area contributed by atoms with Gasteiger partial charge in [-0.25, -0.2) is 0 Å². The first-order valence-electron chi connectivity index (χ1n) is 9.09. The summed E-state index contributed by atoms with van der Waals surface area (Å²) in [6.45, 7) is 2.48. The molecule has 0 saturated carbocycles. The Morgan fingerprint density at radius 1 is 0.741 bits per heavy atom. The minimum atomic E-state index is -1.22. The molecule has 0 heterocycles. The summed E-state index contributed by atoms with van der Waals surface area (Å²) in [4.78, 5) is 0. The molecule has 136 valence electrons. The maximum atomic E-state index is 11.7. The van der Waals surface area contributed by atoms with Gasteiger partial charge in [0.05, 0.1) is 0 Å². The first-order chi connectivity index (χ1) is 13.2. The highest BCUT2D eigenvalue weighted by molar-refractivity contribution is 5.47. The summed E-state index contributed by atoms with van der Waals surface area (Å²) in [5.41, 5.74) is 1.25. The van der Waals surface area contributed by atoms with Crippen LogP contribution in [0.15, 0.2) is 109 Å². The van der Waals surface area contributed by atoms with Crippen LogP contribution in [-0.2, 0) is 5.60 Å². The molecule has 0 spiro atoms. The van der Waals surface area contributed by atoms with Crippen LogP contribution >= 0.6 is 0 Å². The van der Waals surface area contributed by atoms with Gasteiger partial charge in [0.2, 0.25) is 0 Å². The van der Waals surface area contributed by atoms with Crippen LogP contribution in [0.2, 0.25) is 0 Å². The van der Waals surface area contributed by atoms with E-state index in [0.29, 0.717) is 6.61 Å². The lowest BCUT2D eigenvalue weighted by Crippen LogP contribution is -2.28. The lowest BCUT2D eigenvalue weighted by molar-refractivity contribution is 0.125. The Bertz CT molecular complexity index is 839. The molecule has 2 nitrogen and oxygen atoms in total. The molecule has 0 atom stereocenters. The molecular weight excluding hydrogens is 332 g/mol. The smallest absolute Gasteiger partial charge is 0.140 e. The topological polar surface area (TPSA) is 29.5 Å². The van der Waals surface area contributed by atoms with Gasteiger partial charge < -0.3 is 9.84 Å². The Kier molecular flexibility index (Phi) is 6.24. The third-order valence-corrected chi connectivity index (χ3v) is 4.44. The lowest BCUT2D eigenvalue weighted by atomic mass is 9.80. The Morgan fingerprint density at radius 2 is 1.26 bits per heavy atom. The molecule has 3 rings (SSSR count). The highest BCUT2D eigenvalue weighted by atomic mass is 16.5. The van der Waals surface area contributed by atoms with Crippen LogP contribution in [0.25, 0.3) is 0 Å². The molecule has 3 aromatic carbocycles. The molecule has 27 heavy (non-hydrogen) atoms. The van der Waals surface area contributed by atoms with Gasteiger partial charge in [0.25, 0.3) is 0 Å². The van der Waals surface area contributed by atoms with Crippen LogP contribution in [0.1, 0.15) is 23.6 Å². The van der Waals surface area contributed by atoms with Crippen molar-refractivity contribution < 1.29 is 9.84 Å². The van der Waals surface area contributed by atoms with Crippen LogP contribution in [0.4, 0.5) is 0 Å². The van der Waals surface area contributed by atoms with Crippen molar-refractivity contribution in [3.63, 3.8) is 0 Å². The average Bonchev–Trinajstić information content (AvgIpc) is 2.75. The van der Waals surface area contributed by atoms with Gasteiger partial charge in [0.1, 0.15) is 18.0 Å². The molecule has 0 saturated heterocycles. The summed E-state index contributed by atoms with van der Waals surface area (Å²) < 4.78 is 5.73. The lowest BCUT2D eigenvalue weighted by Gasteiger charge is -2.30. The van der Waals surface area contributed by atoms with Gasteiger partial charge in [-0.15, -0.1) is 0 Å². The van der Waals surface area contributed by atoms with E-state index in [-0.39, 0.29) is 0 Å². The molecule has 1 N–H and O–H groups in total. The molecule has 0 radical (unpaired) electrons. The average molecular weight is 356 g/mol. The predicted molar refractivity (Wildman–Crippen MR) is 111 cm³/mol. The minimum Gasteiger partial charge on any atom is -0.490 e. The molecule has 0 aliphatic rings. The number of allylic oxidation sites excluding steroid dienone is 3. The number of rotatable bonds is 7. The van der Waals surface area contributed by atoms with Crippen molar-refractivity contribution in [3.8, 4) is 5.75 Å². The summed E-state index contributed by atoms with van der Waals surface area (Å²) in [6.07, 6.45) is 7.85. The van der Waals surface area contributed by atoms with E-state index >= 15 is 0 Å². The fraction of sp³-hybridized carbons (Fsp3) is 0.120. The summed E-state index contributed by atoms with van der Waals surface area (Å²) in [7, 11) is 0. The van der Waals surface area contributed by atoms with Crippen molar-refractivity contribution >= 4 is 0 Å². The van der Waals surface area contributed by atoms with Gasteiger partial charge in [-0.05, 0) is 41.8 Å². The normalized spacial score (nSPS) is 11.9. The second-order valence-corrected chi connectivity index (χ2v) is 6.23. The highest BCUT2D eigenvalue weighted by Crippen LogP contribution is 2.37. The summed E-state index contributed by atoms with van der Waals surface area (Å²) in [6, 6.07) is 27.1. The van der Waals surface area contributed by atoms with E-state index in [2.05, 4.69) is 0 Å². The van der Waals surface area contributed by atoms with E-state index in [0.717, 1.165) is 22.4 Å². The van der Waals surface area contributed by atoms with Crippen LogP contribution in [0, 0.1) is 0 Å². The zero-order valence-corrected chi connectivity index (χ0v) is 15.5. The Hall–Kier alpha value is -3.10. The Balaban J connectivity index is 1.90. The van der Waals surface area contributed by atoms with E-state index in [1.807, 2.05) is 116 Å². The van der Waals surface area contributed by atoms with Crippen LogP contribution in [-0.4, -0.2) is 11.7 Å². The number of hydrogen-bond acceptors (Lipinski definition) is 2. The van der Waals surface area contributed by atoms with Crippen molar-refractivity contribution in [1.82, 2.24) is 0 Å². The summed E-state index contributed by atoms with van der Waals surface area (Å²) in [5.74, 6) is 0.771. The van der Waals surface area contributed by atoms with Gasteiger partial charge >= 0.3 is 0 Å². The molecule has 0 unspecified atom stereocenters. The van der Waals surface area contributed by atoms with Gasteiger partial charge in [-0.1, -0.05) is 91.0 Å². The Morgan fingerprint density at radius 3 is 1.78 bits per heavy atom. The quantitative estimate of drug-likeness (QED) is 0.448. The molecule has 2 heteroatoms. The molecule has 0 fully saturated rings. The van der Waals surface area contributed by atoms with Crippen molar-refractivity contribution in [2.24, 2.45) is 0 Å². The molecule has 0 amide bonds. The van der Waals surface area contributed by atoms with Gasteiger partial charge in [0, 0.05) is 0 Å². The third kappa shape index (κ3) is 4.36. The largest absolute Gasteiger partial charge is 0.490 e. The summed E-state index contributed by atoms with van der Waals surface area (Å²) >= 11 is 0. The van der Waals surface area contributed by atoms with E-state index < -0.39 is 5.60 Å². The van der Waals surface area contributed by atoms with Crippen molar-refractivity contribution in [3.05, 3.63) is 126 Å². The molecule has 3 aromatic rings. The number of hydrogen-bond donors (Lipinski definition) is 1. The van der Waals surface area contributed by atoms with Gasteiger partial charge in [-0.2, -0.15) is 0 Å². The molecule has 0 aliphatic heterocycles. The third-order valence-electron chi connectivity index (χ3n) is 4.44. The fourth-order valence-corrected chi connectivity index (χ4v) is 3.04. The first kappa shape index (κ1) is 18.7. The number of ether oxygens (including phenoxy) is 1. The number of benzene rings is 3. The zero-order valence-electron chi connectivity index (χ0n) is 15.5. The second-order valence-electron chi connectivity index (χ2n) is 6.23. The second kappa shape index (κ2) is 9.02. The van der Waals surface area contributed by atoms with E-state index in [4.69, 9.17) is 4.74 Å². The van der Waals surface area contributed by atoms with Crippen LogP contribution in [0.3, 0.4) is 0 Å². The van der Waals surface area contributed by atoms with E-state index in [1.54, 1.807) is 0 Å². The standard InChI is InChI=1S/C25H24O2/c1-2-3-4-11-20-27-24-18-16-23(17-19-24)25(26,21-12-7-5-8-13-21)22-14-9-6-10-15-22/h2-19,26H,20H2,1H3. The first-order valence-corrected chi connectivity index (χ1v) is 9.09. The minimum absolute atomic E-state index is 0.505. The van der Waals surface area contributed by atoms with Crippen molar-refractivity contribution in [1.29, 1.82) is 0 Å². The van der Waals surface area contributed by atoms with Crippen molar-refractivity contribution in [2.75, 3.05) is 6.61 Å². The molecule has 0 bridgehead atoms. The predicted octanol–water partition coefficient (Wildman–Crippen LogP) is 5.48. The SMILES string of the molecule is CC=CC=CCOc1ccc(C(O)(c2ccccc2)c2ccccc2)cc1. The maximum Gasteiger partial charge on any atom is 0.140 e.